The zero-order valence-electron chi connectivity index (χ0n) is 15.9. The first-order valence-corrected chi connectivity index (χ1v) is 9.91. The molecule has 2 aromatic carbocycles. The molecular formula is C23H27FN2O. The number of aryl methyl sites for hydroxylation is 1. The Balaban J connectivity index is 1.27. The molecule has 4 heteroatoms. The van der Waals surface area contributed by atoms with Crippen molar-refractivity contribution in [3.63, 3.8) is 0 Å². The zero-order chi connectivity index (χ0) is 18.9. The van der Waals surface area contributed by atoms with Crippen molar-refractivity contribution in [3.8, 4) is 0 Å². The van der Waals surface area contributed by atoms with Gasteiger partial charge in [0.05, 0.1) is 5.41 Å². The largest absolute Gasteiger partial charge is 0.354 e. The summed E-state index contributed by atoms with van der Waals surface area (Å²) in [6.07, 6.45) is 2.88. The SMILES string of the molecule is Cc1ccccc1C1CCN(CCNC(=O)C2(c3ccc(F)cc3)CC2)C1. The van der Waals surface area contributed by atoms with Gasteiger partial charge in [-0.3, -0.25) is 4.79 Å². The maximum absolute atomic E-state index is 13.1. The number of benzene rings is 2. The molecule has 2 aliphatic rings. The molecule has 4 rings (SSSR count). The van der Waals surface area contributed by atoms with Gasteiger partial charge in [0.15, 0.2) is 0 Å². The van der Waals surface area contributed by atoms with Crippen molar-refractivity contribution in [1.29, 1.82) is 0 Å². The minimum absolute atomic E-state index is 0.0868. The summed E-state index contributed by atoms with van der Waals surface area (Å²) >= 11 is 0. The quantitative estimate of drug-likeness (QED) is 0.844. The van der Waals surface area contributed by atoms with Gasteiger partial charge in [-0.15, -0.1) is 0 Å². The Bertz CT molecular complexity index is 813. The van der Waals surface area contributed by atoms with E-state index in [9.17, 15) is 9.18 Å². The van der Waals surface area contributed by atoms with Crippen LogP contribution in [0.4, 0.5) is 4.39 Å². The van der Waals surface area contributed by atoms with Gasteiger partial charge in [0, 0.05) is 19.6 Å². The number of halogens is 1. The van der Waals surface area contributed by atoms with Crippen molar-refractivity contribution >= 4 is 5.91 Å². The van der Waals surface area contributed by atoms with Gasteiger partial charge in [-0.2, -0.15) is 0 Å². The minimum Gasteiger partial charge on any atom is -0.354 e. The van der Waals surface area contributed by atoms with Crippen molar-refractivity contribution in [2.24, 2.45) is 0 Å². The summed E-state index contributed by atoms with van der Waals surface area (Å²) in [5.74, 6) is 0.423. The Hall–Kier alpha value is -2.20. The molecule has 1 saturated heterocycles. The first-order valence-electron chi connectivity index (χ1n) is 9.91. The summed E-state index contributed by atoms with van der Waals surface area (Å²) in [6.45, 7) is 5.88. The maximum Gasteiger partial charge on any atom is 0.230 e. The molecule has 1 saturated carbocycles. The van der Waals surface area contributed by atoms with Crippen LogP contribution in [0.5, 0.6) is 0 Å². The molecule has 1 heterocycles. The number of carbonyl (C=O) groups excluding carboxylic acids is 1. The Morgan fingerprint density at radius 2 is 1.93 bits per heavy atom. The lowest BCUT2D eigenvalue weighted by atomic mass is 9.94. The van der Waals surface area contributed by atoms with E-state index in [0.717, 1.165) is 38.0 Å². The van der Waals surface area contributed by atoms with Crippen molar-refractivity contribution in [2.45, 2.75) is 37.5 Å². The fraction of sp³-hybridized carbons (Fsp3) is 0.435. The summed E-state index contributed by atoms with van der Waals surface area (Å²) in [4.78, 5) is 15.1. The zero-order valence-corrected chi connectivity index (χ0v) is 15.9. The molecule has 2 fully saturated rings. The normalized spacial score (nSPS) is 21.2. The molecule has 0 spiro atoms. The molecule has 27 heavy (non-hydrogen) atoms. The average molecular weight is 366 g/mol. The standard InChI is InChI=1S/C23H27FN2O/c1-17-4-2-3-5-21(17)18-10-14-26(16-18)15-13-25-22(27)23(11-12-23)19-6-8-20(24)9-7-19/h2-9,18H,10-16H2,1H3,(H,25,27). The van der Waals surface area contributed by atoms with Crippen LogP contribution in [0.15, 0.2) is 48.5 Å². The number of nitrogens with one attached hydrogen (secondary N) is 1. The number of amides is 1. The predicted octanol–water partition coefficient (Wildman–Crippen LogP) is 3.77. The number of hydrogen-bond acceptors (Lipinski definition) is 2. The summed E-state index contributed by atoms with van der Waals surface area (Å²) in [5, 5.41) is 3.12. The molecule has 1 aliphatic heterocycles. The third kappa shape index (κ3) is 3.77. The fourth-order valence-electron chi connectivity index (χ4n) is 4.37. The van der Waals surface area contributed by atoms with Crippen LogP contribution in [0, 0.1) is 12.7 Å². The number of hydrogen-bond donors (Lipinski definition) is 1. The van der Waals surface area contributed by atoms with Crippen molar-refractivity contribution in [3.05, 3.63) is 71.0 Å². The second-order valence-corrected chi connectivity index (χ2v) is 7.99. The first kappa shape index (κ1) is 18.2. The van der Waals surface area contributed by atoms with E-state index < -0.39 is 5.41 Å². The van der Waals surface area contributed by atoms with Gasteiger partial charge in [0.25, 0.3) is 0 Å². The molecule has 1 unspecified atom stereocenters. The van der Waals surface area contributed by atoms with Crippen LogP contribution < -0.4 is 5.32 Å². The maximum atomic E-state index is 13.1. The molecule has 1 amide bonds. The lowest BCUT2D eigenvalue weighted by molar-refractivity contribution is -0.123. The van der Waals surface area contributed by atoms with Crippen molar-refractivity contribution in [2.75, 3.05) is 26.2 Å². The Kier molecular flexibility index (Phi) is 5.00. The highest BCUT2D eigenvalue weighted by atomic mass is 19.1. The van der Waals surface area contributed by atoms with Crippen LogP contribution in [-0.4, -0.2) is 37.0 Å². The molecule has 0 radical (unpaired) electrons. The highest BCUT2D eigenvalue weighted by Gasteiger charge is 2.51. The third-order valence-corrected chi connectivity index (χ3v) is 6.20. The Morgan fingerprint density at radius 3 is 2.63 bits per heavy atom. The van der Waals surface area contributed by atoms with Gasteiger partial charge in [-0.1, -0.05) is 36.4 Å². The predicted molar refractivity (Wildman–Crippen MR) is 105 cm³/mol. The van der Waals surface area contributed by atoms with Crippen molar-refractivity contribution in [1.82, 2.24) is 10.2 Å². The molecular weight excluding hydrogens is 339 g/mol. The van der Waals surface area contributed by atoms with Gasteiger partial charge in [0.1, 0.15) is 5.82 Å². The lowest BCUT2D eigenvalue weighted by Crippen LogP contribution is -2.39. The Morgan fingerprint density at radius 1 is 1.19 bits per heavy atom. The van der Waals surface area contributed by atoms with Crippen molar-refractivity contribution < 1.29 is 9.18 Å². The topological polar surface area (TPSA) is 32.3 Å². The molecule has 1 aliphatic carbocycles. The van der Waals surface area contributed by atoms with Gasteiger partial charge in [0.2, 0.25) is 5.91 Å². The number of likely N-dealkylation sites (tertiary alicyclic amines) is 1. The Labute approximate surface area is 160 Å². The molecule has 2 aromatic rings. The van der Waals surface area contributed by atoms with E-state index >= 15 is 0 Å². The first-order chi connectivity index (χ1) is 13.1. The summed E-state index contributed by atoms with van der Waals surface area (Å²) < 4.78 is 13.1. The van der Waals surface area contributed by atoms with Gasteiger partial charge < -0.3 is 10.2 Å². The van der Waals surface area contributed by atoms with Crippen LogP contribution in [0.1, 0.15) is 41.9 Å². The van der Waals surface area contributed by atoms with E-state index in [2.05, 4.69) is 41.4 Å². The van der Waals surface area contributed by atoms with E-state index in [-0.39, 0.29) is 11.7 Å². The molecule has 0 aromatic heterocycles. The minimum atomic E-state index is -0.428. The van der Waals surface area contributed by atoms with E-state index in [1.807, 2.05) is 0 Å². The second-order valence-electron chi connectivity index (χ2n) is 7.99. The van der Waals surface area contributed by atoms with E-state index in [1.54, 1.807) is 12.1 Å². The second kappa shape index (κ2) is 7.43. The van der Waals surface area contributed by atoms with Gasteiger partial charge in [-0.25, -0.2) is 4.39 Å². The van der Waals surface area contributed by atoms with E-state index in [0.29, 0.717) is 12.5 Å². The smallest absolute Gasteiger partial charge is 0.230 e. The molecule has 142 valence electrons. The number of rotatable bonds is 6. The highest BCUT2D eigenvalue weighted by molar-refractivity contribution is 5.91. The molecule has 1 atom stereocenters. The fourth-order valence-corrected chi connectivity index (χ4v) is 4.37. The molecule has 1 N–H and O–H groups in total. The number of carbonyl (C=O) groups is 1. The summed E-state index contributed by atoms with van der Waals surface area (Å²) in [5.41, 5.74) is 3.33. The van der Waals surface area contributed by atoms with Gasteiger partial charge >= 0.3 is 0 Å². The van der Waals surface area contributed by atoms with Crippen LogP contribution in [0.2, 0.25) is 0 Å². The number of nitrogens with zero attached hydrogens (tertiary/aromatic N) is 1. The lowest BCUT2D eigenvalue weighted by Gasteiger charge is -2.19. The van der Waals surface area contributed by atoms with Crippen LogP contribution in [-0.2, 0) is 10.2 Å². The van der Waals surface area contributed by atoms with Crippen LogP contribution in [0.25, 0.3) is 0 Å². The molecule has 3 nitrogen and oxygen atoms in total. The van der Waals surface area contributed by atoms with Gasteiger partial charge in [-0.05, 0) is 67.5 Å². The van der Waals surface area contributed by atoms with Crippen LogP contribution >= 0.6 is 0 Å². The van der Waals surface area contributed by atoms with E-state index in [1.165, 1.54) is 29.7 Å². The summed E-state index contributed by atoms with van der Waals surface area (Å²) in [7, 11) is 0. The van der Waals surface area contributed by atoms with Crippen LogP contribution in [0.3, 0.4) is 0 Å². The highest BCUT2D eigenvalue weighted by Crippen LogP contribution is 2.48. The third-order valence-electron chi connectivity index (χ3n) is 6.20. The summed E-state index contributed by atoms with van der Waals surface area (Å²) in [6, 6.07) is 15.0. The van der Waals surface area contributed by atoms with E-state index in [4.69, 9.17) is 0 Å². The average Bonchev–Trinajstić information content (AvgIpc) is 3.35. The monoisotopic (exact) mass is 366 g/mol. The molecule has 0 bridgehead atoms.